The van der Waals surface area contributed by atoms with Gasteiger partial charge in [-0.2, -0.15) is 0 Å². The number of thioether (sulfide) groups is 1. The second-order valence-corrected chi connectivity index (χ2v) is 5.31. The molecule has 12 heavy (non-hydrogen) atoms. The van der Waals surface area contributed by atoms with Gasteiger partial charge in [-0.1, -0.05) is 0 Å². The van der Waals surface area contributed by atoms with E-state index in [0.29, 0.717) is 0 Å². The van der Waals surface area contributed by atoms with Crippen molar-refractivity contribution in [3.63, 3.8) is 0 Å². The SMILES string of the molecule is CSc1cc(I)c(NN)c(I)c1. The monoisotopic (exact) mass is 406 g/mol. The zero-order valence-electron chi connectivity index (χ0n) is 6.40. The van der Waals surface area contributed by atoms with E-state index in [1.807, 2.05) is 0 Å². The average Bonchev–Trinajstić information content (AvgIpc) is 2.03. The van der Waals surface area contributed by atoms with Crippen LogP contribution in [0.4, 0.5) is 5.69 Å². The number of anilines is 1. The smallest absolute Gasteiger partial charge is 0.0754 e. The lowest BCUT2D eigenvalue weighted by atomic mass is 10.3. The largest absolute Gasteiger partial charge is 0.322 e. The first-order valence-corrected chi connectivity index (χ1v) is 6.57. The van der Waals surface area contributed by atoms with Crippen LogP contribution in [-0.4, -0.2) is 6.26 Å². The second kappa shape index (κ2) is 4.87. The Hall–Kier alpha value is 0.790. The summed E-state index contributed by atoms with van der Waals surface area (Å²) in [5.74, 6) is 5.38. The van der Waals surface area contributed by atoms with E-state index in [0.717, 1.165) is 12.8 Å². The van der Waals surface area contributed by atoms with Crippen LogP contribution in [-0.2, 0) is 0 Å². The molecular formula is C7H8I2N2S. The number of hydrogen-bond acceptors (Lipinski definition) is 3. The molecule has 0 spiro atoms. The second-order valence-electron chi connectivity index (χ2n) is 2.11. The molecule has 0 saturated heterocycles. The van der Waals surface area contributed by atoms with Gasteiger partial charge in [0.25, 0.3) is 0 Å². The Morgan fingerprint density at radius 3 is 2.17 bits per heavy atom. The zero-order chi connectivity index (χ0) is 9.14. The first kappa shape index (κ1) is 10.9. The molecule has 0 aliphatic carbocycles. The number of nitrogens with two attached hydrogens (primary N) is 1. The molecule has 0 fully saturated rings. The van der Waals surface area contributed by atoms with E-state index in [9.17, 15) is 0 Å². The lowest BCUT2D eigenvalue weighted by molar-refractivity contribution is 1.29. The maximum Gasteiger partial charge on any atom is 0.0754 e. The Labute approximate surface area is 103 Å². The molecule has 0 amide bonds. The fourth-order valence-electron chi connectivity index (χ4n) is 0.806. The molecule has 0 atom stereocenters. The van der Waals surface area contributed by atoms with Crippen molar-refractivity contribution in [1.29, 1.82) is 0 Å². The summed E-state index contributed by atoms with van der Waals surface area (Å²) in [7, 11) is 0. The number of rotatable bonds is 2. The van der Waals surface area contributed by atoms with Crippen LogP contribution in [0.5, 0.6) is 0 Å². The van der Waals surface area contributed by atoms with Gasteiger partial charge in [-0.15, -0.1) is 11.8 Å². The minimum absolute atomic E-state index is 1.01. The Bertz CT molecular complexity index is 268. The maximum atomic E-state index is 5.38. The van der Waals surface area contributed by atoms with E-state index in [2.05, 4.69) is 69.0 Å². The molecule has 0 bridgehead atoms. The van der Waals surface area contributed by atoms with Crippen LogP contribution in [0.15, 0.2) is 17.0 Å². The van der Waals surface area contributed by atoms with Gasteiger partial charge in [-0.05, 0) is 63.6 Å². The van der Waals surface area contributed by atoms with Gasteiger partial charge < -0.3 is 5.43 Å². The standard InChI is InChI=1S/C7H8I2N2S/c1-12-4-2-5(8)7(11-10)6(9)3-4/h2-3,11H,10H2,1H3. The predicted molar refractivity (Wildman–Crippen MR) is 71.5 cm³/mol. The highest BCUT2D eigenvalue weighted by molar-refractivity contribution is 14.1. The molecule has 5 heteroatoms. The summed E-state index contributed by atoms with van der Waals surface area (Å²) in [6, 6.07) is 4.23. The quantitative estimate of drug-likeness (QED) is 0.344. The number of hydrogen-bond donors (Lipinski definition) is 2. The molecule has 0 aliphatic rings. The highest BCUT2D eigenvalue weighted by Gasteiger charge is 2.04. The first-order chi connectivity index (χ1) is 5.69. The fraction of sp³-hybridized carbons (Fsp3) is 0.143. The molecular weight excluding hydrogens is 398 g/mol. The van der Waals surface area contributed by atoms with Gasteiger partial charge >= 0.3 is 0 Å². The molecule has 1 aromatic rings. The number of nitrogen functional groups attached to an aromatic ring is 1. The van der Waals surface area contributed by atoms with Crippen molar-refractivity contribution in [2.45, 2.75) is 4.90 Å². The lowest BCUT2D eigenvalue weighted by Gasteiger charge is -2.07. The average molecular weight is 406 g/mol. The molecule has 0 radical (unpaired) electrons. The van der Waals surface area contributed by atoms with E-state index in [4.69, 9.17) is 5.84 Å². The fourth-order valence-corrected chi connectivity index (χ4v) is 3.78. The van der Waals surface area contributed by atoms with E-state index >= 15 is 0 Å². The van der Waals surface area contributed by atoms with E-state index in [-0.39, 0.29) is 0 Å². The molecule has 0 unspecified atom stereocenters. The van der Waals surface area contributed by atoms with Gasteiger partial charge in [0.15, 0.2) is 0 Å². The van der Waals surface area contributed by atoms with Crippen LogP contribution in [0.25, 0.3) is 0 Å². The Balaban J connectivity index is 3.18. The first-order valence-electron chi connectivity index (χ1n) is 3.18. The summed E-state index contributed by atoms with van der Waals surface area (Å²) < 4.78 is 2.32. The van der Waals surface area contributed by atoms with Crippen LogP contribution >= 0.6 is 56.9 Å². The third kappa shape index (κ3) is 2.39. The van der Waals surface area contributed by atoms with Gasteiger partial charge in [-0.25, -0.2) is 0 Å². The molecule has 66 valence electrons. The van der Waals surface area contributed by atoms with E-state index in [1.54, 1.807) is 11.8 Å². The third-order valence-corrected chi connectivity index (χ3v) is 3.80. The van der Waals surface area contributed by atoms with Crippen LogP contribution in [0.2, 0.25) is 0 Å². The minimum Gasteiger partial charge on any atom is -0.322 e. The molecule has 2 nitrogen and oxygen atoms in total. The van der Waals surface area contributed by atoms with Gasteiger partial charge in [0, 0.05) is 12.0 Å². The van der Waals surface area contributed by atoms with Crippen molar-refractivity contribution >= 4 is 62.6 Å². The molecule has 1 aromatic carbocycles. The van der Waals surface area contributed by atoms with Gasteiger partial charge in [0.2, 0.25) is 0 Å². The highest BCUT2D eigenvalue weighted by atomic mass is 127. The Kier molecular flexibility index (Phi) is 4.41. The van der Waals surface area contributed by atoms with E-state index in [1.165, 1.54) is 4.90 Å². The van der Waals surface area contributed by atoms with Crippen LogP contribution in [0, 0.1) is 7.14 Å². The topological polar surface area (TPSA) is 38.0 Å². The summed E-state index contributed by atoms with van der Waals surface area (Å²) in [5, 5.41) is 0. The zero-order valence-corrected chi connectivity index (χ0v) is 11.5. The number of nitrogens with one attached hydrogen (secondary N) is 1. The summed E-state index contributed by atoms with van der Waals surface area (Å²) >= 11 is 6.29. The van der Waals surface area contributed by atoms with Gasteiger partial charge in [0.1, 0.15) is 0 Å². The van der Waals surface area contributed by atoms with E-state index < -0.39 is 0 Å². The molecule has 0 heterocycles. The molecule has 0 aromatic heterocycles. The maximum absolute atomic E-state index is 5.38. The normalized spacial score (nSPS) is 10.0. The van der Waals surface area contributed by atoms with Crippen LogP contribution in [0.3, 0.4) is 0 Å². The van der Waals surface area contributed by atoms with Crippen molar-refractivity contribution < 1.29 is 0 Å². The van der Waals surface area contributed by atoms with Crippen molar-refractivity contribution in [2.24, 2.45) is 5.84 Å². The molecule has 0 saturated carbocycles. The molecule has 0 aliphatic heterocycles. The van der Waals surface area contributed by atoms with Crippen molar-refractivity contribution in [3.8, 4) is 0 Å². The predicted octanol–water partition coefficient (Wildman–Crippen LogP) is 2.90. The van der Waals surface area contributed by atoms with Crippen molar-refractivity contribution in [3.05, 3.63) is 19.3 Å². The number of halogens is 2. The highest BCUT2D eigenvalue weighted by Crippen LogP contribution is 2.29. The summed E-state index contributed by atoms with van der Waals surface area (Å²) in [6.07, 6.45) is 2.07. The van der Waals surface area contributed by atoms with Gasteiger partial charge in [-0.3, -0.25) is 5.84 Å². The minimum atomic E-state index is 1.01. The van der Waals surface area contributed by atoms with Crippen molar-refractivity contribution in [1.82, 2.24) is 0 Å². The lowest BCUT2D eigenvalue weighted by Crippen LogP contribution is -2.09. The Morgan fingerprint density at radius 1 is 1.33 bits per heavy atom. The van der Waals surface area contributed by atoms with Gasteiger partial charge in [0.05, 0.1) is 5.69 Å². The van der Waals surface area contributed by atoms with Crippen LogP contribution < -0.4 is 11.3 Å². The number of benzene rings is 1. The molecule has 3 N–H and O–H groups in total. The summed E-state index contributed by atoms with van der Waals surface area (Å²) in [4.78, 5) is 1.27. The summed E-state index contributed by atoms with van der Waals surface area (Å²) in [6.45, 7) is 0. The Morgan fingerprint density at radius 2 is 1.83 bits per heavy atom. The van der Waals surface area contributed by atoms with Crippen LogP contribution in [0.1, 0.15) is 0 Å². The third-order valence-electron chi connectivity index (χ3n) is 1.40. The van der Waals surface area contributed by atoms with Crippen molar-refractivity contribution in [2.75, 3.05) is 11.7 Å². The number of hydrazine groups is 1. The molecule has 1 rings (SSSR count). The summed E-state index contributed by atoms with van der Waals surface area (Å²) in [5.41, 5.74) is 3.70.